The van der Waals surface area contributed by atoms with Gasteiger partial charge in [-0.2, -0.15) is 0 Å². The van der Waals surface area contributed by atoms with Gasteiger partial charge in [-0.1, -0.05) is 20.8 Å². The summed E-state index contributed by atoms with van der Waals surface area (Å²) in [5.74, 6) is 0.153. The van der Waals surface area contributed by atoms with Crippen molar-refractivity contribution in [2.24, 2.45) is 5.92 Å². The van der Waals surface area contributed by atoms with Crippen LogP contribution in [0.5, 0.6) is 0 Å². The molecule has 0 spiro atoms. The molecule has 2 nitrogen and oxygen atoms in total. The summed E-state index contributed by atoms with van der Waals surface area (Å²) < 4.78 is 0. The van der Waals surface area contributed by atoms with E-state index < -0.39 is 12.2 Å². The van der Waals surface area contributed by atoms with Crippen LogP contribution in [0.4, 0.5) is 0 Å². The van der Waals surface area contributed by atoms with Gasteiger partial charge in [0.05, 0.1) is 12.2 Å². The number of hydrogen-bond donors (Lipinski definition) is 2. The first-order valence-electron chi connectivity index (χ1n) is 3.45. The van der Waals surface area contributed by atoms with E-state index in [1.807, 2.05) is 20.8 Å². The van der Waals surface area contributed by atoms with Gasteiger partial charge in [-0.3, -0.25) is 0 Å². The molecule has 0 rings (SSSR count). The average Bonchev–Trinajstić information content (AvgIpc) is 1.84. The zero-order chi connectivity index (χ0) is 7.44. The van der Waals surface area contributed by atoms with Gasteiger partial charge in [-0.15, -0.1) is 0 Å². The fourth-order valence-electron chi connectivity index (χ4n) is 0.686. The predicted molar refractivity (Wildman–Crippen MR) is 37.1 cm³/mol. The van der Waals surface area contributed by atoms with Gasteiger partial charge < -0.3 is 10.2 Å². The first-order valence-corrected chi connectivity index (χ1v) is 3.45. The Morgan fingerprint density at radius 3 is 1.78 bits per heavy atom. The summed E-state index contributed by atoms with van der Waals surface area (Å²) in [6.45, 7) is 5.64. The van der Waals surface area contributed by atoms with Crippen LogP contribution in [0.1, 0.15) is 27.2 Å². The maximum atomic E-state index is 9.14. The summed E-state index contributed by atoms with van der Waals surface area (Å²) in [7, 11) is 0. The summed E-state index contributed by atoms with van der Waals surface area (Å²) in [5.41, 5.74) is 0. The Kier molecular flexibility index (Phi) is 3.82. The van der Waals surface area contributed by atoms with Gasteiger partial charge in [0.15, 0.2) is 0 Å². The maximum Gasteiger partial charge on any atom is 0.0821 e. The van der Waals surface area contributed by atoms with Gasteiger partial charge in [-0.25, -0.2) is 0 Å². The van der Waals surface area contributed by atoms with E-state index >= 15 is 0 Å². The number of hydrogen-bond acceptors (Lipinski definition) is 2. The summed E-state index contributed by atoms with van der Waals surface area (Å²) >= 11 is 0. The molecule has 0 aromatic carbocycles. The molecule has 0 heterocycles. The normalized spacial score (nSPS) is 18.0. The molecule has 0 unspecified atom stereocenters. The number of aliphatic hydroxyl groups excluding tert-OH is 2. The molecule has 0 aromatic heterocycles. The van der Waals surface area contributed by atoms with Crippen LogP contribution >= 0.6 is 0 Å². The van der Waals surface area contributed by atoms with Crippen molar-refractivity contribution in [3.05, 3.63) is 0 Å². The van der Waals surface area contributed by atoms with E-state index in [2.05, 4.69) is 0 Å². The molecule has 0 aromatic rings. The van der Waals surface area contributed by atoms with E-state index in [0.717, 1.165) is 0 Å². The lowest BCUT2D eigenvalue weighted by atomic mass is 10.0. The Morgan fingerprint density at radius 2 is 1.67 bits per heavy atom. The monoisotopic (exact) mass is 132 g/mol. The van der Waals surface area contributed by atoms with Crippen molar-refractivity contribution in [3.63, 3.8) is 0 Å². The van der Waals surface area contributed by atoms with Crippen LogP contribution in [-0.4, -0.2) is 22.4 Å². The minimum absolute atomic E-state index is 0.153. The third kappa shape index (κ3) is 2.82. The molecular weight excluding hydrogens is 116 g/mol. The molecule has 2 atom stereocenters. The second kappa shape index (κ2) is 3.85. The Bertz CT molecular complexity index is 71.3. The standard InChI is InChI=1S/C7H16O2/c1-4-6(8)7(9)5(2)3/h5-9H,4H2,1-3H3/t6-,7-/m0/s1. The van der Waals surface area contributed by atoms with Crippen LogP contribution in [0.2, 0.25) is 0 Å². The van der Waals surface area contributed by atoms with Gasteiger partial charge >= 0.3 is 0 Å². The van der Waals surface area contributed by atoms with E-state index in [-0.39, 0.29) is 5.92 Å². The van der Waals surface area contributed by atoms with E-state index in [1.54, 1.807) is 0 Å². The largest absolute Gasteiger partial charge is 0.390 e. The molecule has 0 saturated heterocycles. The second-order valence-corrected chi connectivity index (χ2v) is 2.71. The predicted octanol–water partition coefficient (Wildman–Crippen LogP) is 0.774. The van der Waals surface area contributed by atoms with Gasteiger partial charge in [0, 0.05) is 0 Å². The van der Waals surface area contributed by atoms with E-state index in [4.69, 9.17) is 10.2 Å². The Hall–Kier alpha value is -0.0800. The zero-order valence-electron chi connectivity index (χ0n) is 6.33. The Balaban J connectivity index is 3.58. The number of rotatable bonds is 3. The lowest BCUT2D eigenvalue weighted by molar-refractivity contribution is -0.00946. The topological polar surface area (TPSA) is 40.5 Å². The van der Waals surface area contributed by atoms with Crippen molar-refractivity contribution in [1.82, 2.24) is 0 Å². The minimum atomic E-state index is -0.560. The van der Waals surface area contributed by atoms with Crippen molar-refractivity contribution in [2.45, 2.75) is 39.4 Å². The summed E-state index contributed by atoms with van der Waals surface area (Å²) in [6, 6.07) is 0. The first-order chi connectivity index (χ1) is 4.09. The summed E-state index contributed by atoms with van der Waals surface area (Å²) in [5, 5.41) is 18.2. The van der Waals surface area contributed by atoms with Gasteiger partial charge in [-0.05, 0) is 12.3 Å². The lowest BCUT2D eigenvalue weighted by Gasteiger charge is -2.18. The second-order valence-electron chi connectivity index (χ2n) is 2.71. The molecule has 0 amide bonds. The molecule has 0 aliphatic carbocycles. The summed E-state index contributed by atoms with van der Waals surface area (Å²) in [4.78, 5) is 0. The Labute approximate surface area is 56.5 Å². The molecule has 2 heteroatoms. The van der Waals surface area contributed by atoms with Crippen molar-refractivity contribution in [3.8, 4) is 0 Å². The highest BCUT2D eigenvalue weighted by Crippen LogP contribution is 2.07. The van der Waals surface area contributed by atoms with Crippen LogP contribution in [0.15, 0.2) is 0 Å². The van der Waals surface area contributed by atoms with Crippen LogP contribution in [0.3, 0.4) is 0 Å². The highest BCUT2D eigenvalue weighted by molar-refractivity contribution is 4.67. The smallest absolute Gasteiger partial charge is 0.0821 e. The molecule has 0 aliphatic rings. The quantitative estimate of drug-likeness (QED) is 0.595. The minimum Gasteiger partial charge on any atom is -0.390 e. The van der Waals surface area contributed by atoms with Crippen LogP contribution in [0, 0.1) is 5.92 Å². The first kappa shape index (κ1) is 8.92. The van der Waals surface area contributed by atoms with Crippen molar-refractivity contribution in [2.75, 3.05) is 0 Å². The van der Waals surface area contributed by atoms with Crippen LogP contribution < -0.4 is 0 Å². The molecule has 0 aliphatic heterocycles. The molecule has 2 N–H and O–H groups in total. The van der Waals surface area contributed by atoms with Crippen molar-refractivity contribution >= 4 is 0 Å². The molecule has 0 fully saturated rings. The summed E-state index contributed by atoms with van der Waals surface area (Å²) in [6.07, 6.45) is -0.487. The fourth-order valence-corrected chi connectivity index (χ4v) is 0.686. The zero-order valence-corrected chi connectivity index (χ0v) is 6.33. The maximum absolute atomic E-state index is 9.14. The molecule has 0 radical (unpaired) electrons. The van der Waals surface area contributed by atoms with Gasteiger partial charge in [0.25, 0.3) is 0 Å². The van der Waals surface area contributed by atoms with E-state index in [1.165, 1.54) is 0 Å². The highest BCUT2D eigenvalue weighted by atomic mass is 16.3. The number of aliphatic hydroxyl groups is 2. The molecular formula is C7H16O2. The lowest BCUT2D eigenvalue weighted by Crippen LogP contribution is -2.29. The molecule has 0 saturated carbocycles. The molecule has 9 heavy (non-hydrogen) atoms. The SMILES string of the molecule is CC[C@H](O)[C@@H](O)C(C)C. The highest BCUT2D eigenvalue weighted by Gasteiger charge is 2.16. The third-order valence-corrected chi connectivity index (χ3v) is 1.50. The van der Waals surface area contributed by atoms with Crippen molar-refractivity contribution in [1.29, 1.82) is 0 Å². The van der Waals surface area contributed by atoms with E-state index in [0.29, 0.717) is 6.42 Å². The van der Waals surface area contributed by atoms with Crippen molar-refractivity contribution < 1.29 is 10.2 Å². The molecule has 56 valence electrons. The van der Waals surface area contributed by atoms with Crippen LogP contribution in [0.25, 0.3) is 0 Å². The molecule has 0 bridgehead atoms. The van der Waals surface area contributed by atoms with E-state index in [9.17, 15) is 0 Å². The average molecular weight is 132 g/mol. The van der Waals surface area contributed by atoms with Gasteiger partial charge in [0.2, 0.25) is 0 Å². The van der Waals surface area contributed by atoms with Crippen LogP contribution in [-0.2, 0) is 0 Å². The Morgan fingerprint density at radius 1 is 1.22 bits per heavy atom. The fraction of sp³-hybridized carbons (Fsp3) is 1.00. The van der Waals surface area contributed by atoms with Gasteiger partial charge in [0.1, 0.15) is 0 Å². The third-order valence-electron chi connectivity index (χ3n) is 1.50.